The van der Waals surface area contributed by atoms with Gasteiger partial charge in [-0.25, -0.2) is 0 Å². The number of carboxylic acid groups (broad SMARTS) is 1. The maximum absolute atomic E-state index is 12.5. The monoisotopic (exact) mass is 311 g/mol. The number of benzene rings is 2. The Bertz CT molecular complexity index is 754. The van der Waals surface area contributed by atoms with Crippen molar-refractivity contribution in [3.8, 4) is 0 Å². The maximum atomic E-state index is 12.5. The molecule has 3 rings (SSSR count). The molecule has 0 saturated heterocycles. The Hall–Kier alpha value is -2.66. The number of carbonyl (C=O) groups excluding carboxylic acids is 1. The van der Waals surface area contributed by atoms with E-state index in [9.17, 15) is 19.8 Å². The minimum atomic E-state index is -1.02. The van der Waals surface area contributed by atoms with E-state index in [1.165, 1.54) is 4.90 Å². The minimum absolute atomic E-state index is 0.258. The molecule has 0 spiro atoms. The van der Waals surface area contributed by atoms with Crippen molar-refractivity contribution in [2.24, 2.45) is 0 Å². The first-order valence-corrected chi connectivity index (χ1v) is 7.48. The first kappa shape index (κ1) is 15.2. The van der Waals surface area contributed by atoms with Gasteiger partial charge in [0.1, 0.15) is 0 Å². The van der Waals surface area contributed by atoms with Crippen molar-refractivity contribution in [2.75, 3.05) is 4.90 Å². The SMILES string of the molecule is CC[C@@H](C(=O)O)c1ccc(N2C(=O)c3ccccc3C2O)cc1. The van der Waals surface area contributed by atoms with Gasteiger partial charge in [-0.15, -0.1) is 0 Å². The highest BCUT2D eigenvalue weighted by Gasteiger charge is 2.36. The molecule has 0 aliphatic carbocycles. The zero-order valence-electron chi connectivity index (χ0n) is 12.6. The van der Waals surface area contributed by atoms with Crippen LogP contribution in [0.4, 0.5) is 5.69 Å². The quantitative estimate of drug-likeness (QED) is 0.910. The number of fused-ring (bicyclic) bond motifs is 1. The standard InChI is InChI=1S/C18H17NO4/c1-2-13(18(22)23)11-7-9-12(10-8-11)19-16(20)14-5-3-4-6-15(14)17(19)21/h3-10,13,16,20H,2H2,1H3,(H,22,23)/t13-,16?/m1/s1. The van der Waals surface area contributed by atoms with Crippen molar-refractivity contribution < 1.29 is 19.8 Å². The summed E-state index contributed by atoms with van der Waals surface area (Å²) in [6.07, 6.45) is -0.531. The largest absolute Gasteiger partial charge is 0.481 e. The third kappa shape index (κ3) is 2.49. The summed E-state index contributed by atoms with van der Waals surface area (Å²) >= 11 is 0. The van der Waals surface area contributed by atoms with Crippen molar-refractivity contribution in [3.05, 3.63) is 65.2 Å². The molecule has 0 saturated carbocycles. The number of carboxylic acids is 1. The van der Waals surface area contributed by atoms with Crippen molar-refractivity contribution in [2.45, 2.75) is 25.5 Å². The number of aliphatic carboxylic acids is 1. The van der Waals surface area contributed by atoms with Gasteiger partial charge in [-0.1, -0.05) is 37.3 Å². The number of aliphatic hydroxyl groups is 1. The highest BCUT2D eigenvalue weighted by Crippen LogP contribution is 2.36. The molecule has 1 aliphatic rings. The molecule has 2 atom stereocenters. The molecule has 1 amide bonds. The summed E-state index contributed by atoms with van der Waals surface area (Å²) in [5.74, 6) is -1.70. The number of carbonyl (C=O) groups is 2. The van der Waals surface area contributed by atoms with E-state index in [0.717, 1.165) is 0 Å². The number of aliphatic hydroxyl groups excluding tert-OH is 1. The number of amides is 1. The molecule has 0 bridgehead atoms. The molecular weight excluding hydrogens is 294 g/mol. The van der Waals surface area contributed by atoms with E-state index >= 15 is 0 Å². The fourth-order valence-corrected chi connectivity index (χ4v) is 2.98. The number of anilines is 1. The molecule has 2 aromatic carbocycles. The molecule has 1 heterocycles. The third-order valence-corrected chi connectivity index (χ3v) is 4.21. The lowest BCUT2D eigenvalue weighted by Crippen LogP contribution is -2.27. The van der Waals surface area contributed by atoms with Gasteiger partial charge in [-0.05, 0) is 30.2 Å². The molecular formula is C18H17NO4. The molecule has 0 radical (unpaired) electrons. The fraction of sp³-hybridized carbons (Fsp3) is 0.222. The van der Waals surface area contributed by atoms with Crippen LogP contribution in [0, 0.1) is 0 Å². The summed E-state index contributed by atoms with van der Waals surface area (Å²) in [7, 11) is 0. The Morgan fingerprint density at radius 2 is 1.83 bits per heavy atom. The number of hydrogen-bond acceptors (Lipinski definition) is 3. The molecule has 2 N–H and O–H groups in total. The van der Waals surface area contributed by atoms with Crippen molar-refractivity contribution in [3.63, 3.8) is 0 Å². The van der Waals surface area contributed by atoms with Crippen LogP contribution in [-0.4, -0.2) is 22.1 Å². The summed E-state index contributed by atoms with van der Waals surface area (Å²) in [5.41, 5.74) is 2.30. The van der Waals surface area contributed by atoms with Gasteiger partial charge in [0.15, 0.2) is 6.23 Å². The summed E-state index contributed by atoms with van der Waals surface area (Å²) < 4.78 is 0. The van der Waals surface area contributed by atoms with E-state index < -0.39 is 18.1 Å². The molecule has 0 aromatic heterocycles. The summed E-state index contributed by atoms with van der Waals surface area (Å²) in [6.45, 7) is 1.82. The minimum Gasteiger partial charge on any atom is -0.481 e. The molecule has 1 unspecified atom stereocenters. The lowest BCUT2D eigenvalue weighted by Gasteiger charge is -2.21. The highest BCUT2D eigenvalue weighted by atomic mass is 16.4. The van der Waals surface area contributed by atoms with E-state index in [0.29, 0.717) is 28.8 Å². The van der Waals surface area contributed by atoms with Crippen LogP contribution in [-0.2, 0) is 4.79 Å². The molecule has 5 nitrogen and oxygen atoms in total. The van der Waals surface area contributed by atoms with Crippen molar-refractivity contribution in [1.82, 2.24) is 0 Å². The van der Waals surface area contributed by atoms with Crippen LogP contribution < -0.4 is 4.90 Å². The van der Waals surface area contributed by atoms with E-state index in [2.05, 4.69) is 0 Å². The van der Waals surface area contributed by atoms with Gasteiger partial charge in [0.25, 0.3) is 5.91 Å². The van der Waals surface area contributed by atoms with Crippen LogP contribution in [0.25, 0.3) is 0 Å². The van der Waals surface area contributed by atoms with Gasteiger partial charge in [0.2, 0.25) is 0 Å². The lowest BCUT2D eigenvalue weighted by molar-refractivity contribution is -0.138. The van der Waals surface area contributed by atoms with E-state index in [4.69, 9.17) is 0 Å². The second-order valence-electron chi connectivity index (χ2n) is 5.53. The van der Waals surface area contributed by atoms with Crippen LogP contribution >= 0.6 is 0 Å². The van der Waals surface area contributed by atoms with Crippen molar-refractivity contribution in [1.29, 1.82) is 0 Å². The molecule has 2 aromatic rings. The smallest absolute Gasteiger partial charge is 0.310 e. The Morgan fingerprint density at radius 3 is 2.39 bits per heavy atom. The fourth-order valence-electron chi connectivity index (χ4n) is 2.98. The second kappa shape index (κ2) is 5.85. The number of hydrogen-bond donors (Lipinski definition) is 2. The third-order valence-electron chi connectivity index (χ3n) is 4.21. The summed E-state index contributed by atoms with van der Waals surface area (Å²) in [6, 6.07) is 13.7. The van der Waals surface area contributed by atoms with Gasteiger partial charge in [-0.2, -0.15) is 0 Å². The number of nitrogens with zero attached hydrogens (tertiary/aromatic N) is 1. The Balaban J connectivity index is 1.92. The highest BCUT2D eigenvalue weighted by molar-refractivity contribution is 6.10. The Labute approximate surface area is 133 Å². The van der Waals surface area contributed by atoms with Gasteiger partial charge in [0.05, 0.1) is 5.92 Å². The zero-order valence-corrected chi connectivity index (χ0v) is 12.6. The maximum Gasteiger partial charge on any atom is 0.310 e. The van der Waals surface area contributed by atoms with Crippen LogP contribution in [0.3, 0.4) is 0 Å². The van der Waals surface area contributed by atoms with Gasteiger partial charge in [0, 0.05) is 16.8 Å². The lowest BCUT2D eigenvalue weighted by atomic mass is 9.96. The van der Waals surface area contributed by atoms with Crippen LogP contribution in [0.15, 0.2) is 48.5 Å². The summed E-state index contributed by atoms with van der Waals surface area (Å²) in [5, 5.41) is 19.6. The Kier molecular flexibility index (Phi) is 3.88. The average Bonchev–Trinajstić information content (AvgIpc) is 2.81. The molecule has 0 fully saturated rings. The predicted octanol–water partition coefficient (Wildman–Crippen LogP) is 2.92. The van der Waals surface area contributed by atoms with Gasteiger partial charge in [-0.3, -0.25) is 14.5 Å². The molecule has 23 heavy (non-hydrogen) atoms. The summed E-state index contributed by atoms with van der Waals surface area (Å²) in [4.78, 5) is 25.0. The predicted molar refractivity (Wildman–Crippen MR) is 85.3 cm³/mol. The van der Waals surface area contributed by atoms with Gasteiger partial charge >= 0.3 is 5.97 Å². The first-order valence-electron chi connectivity index (χ1n) is 7.48. The second-order valence-corrected chi connectivity index (χ2v) is 5.53. The number of rotatable bonds is 4. The normalized spacial score (nSPS) is 17.9. The molecule has 118 valence electrons. The zero-order chi connectivity index (χ0) is 16.6. The molecule has 5 heteroatoms. The van der Waals surface area contributed by atoms with E-state index in [-0.39, 0.29) is 5.91 Å². The van der Waals surface area contributed by atoms with Gasteiger partial charge < -0.3 is 10.2 Å². The van der Waals surface area contributed by atoms with Crippen LogP contribution in [0.5, 0.6) is 0 Å². The van der Waals surface area contributed by atoms with E-state index in [1.54, 1.807) is 48.5 Å². The van der Waals surface area contributed by atoms with Crippen LogP contribution in [0.2, 0.25) is 0 Å². The van der Waals surface area contributed by atoms with Crippen molar-refractivity contribution >= 4 is 17.6 Å². The topological polar surface area (TPSA) is 77.8 Å². The van der Waals surface area contributed by atoms with E-state index in [1.807, 2.05) is 6.92 Å². The average molecular weight is 311 g/mol. The Morgan fingerprint density at radius 1 is 1.17 bits per heavy atom. The molecule has 1 aliphatic heterocycles. The first-order chi connectivity index (χ1) is 11.0. The van der Waals surface area contributed by atoms with Crippen LogP contribution in [0.1, 0.15) is 47.0 Å².